The second kappa shape index (κ2) is 6.49. The zero-order chi connectivity index (χ0) is 16.6. The third-order valence-electron chi connectivity index (χ3n) is 4.90. The van der Waals surface area contributed by atoms with E-state index in [1.807, 2.05) is 24.0 Å². The molecule has 2 aliphatic heterocycles. The van der Waals surface area contributed by atoms with Crippen LogP contribution in [0.5, 0.6) is 0 Å². The molecule has 2 saturated heterocycles. The van der Waals surface area contributed by atoms with Crippen molar-refractivity contribution < 1.29 is 9.59 Å². The molecule has 0 saturated carbocycles. The van der Waals surface area contributed by atoms with Gasteiger partial charge in [-0.05, 0) is 50.4 Å². The number of nitrogens with two attached hydrogens (primary N) is 1. The van der Waals surface area contributed by atoms with Gasteiger partial charge in [0.1, 0.15) is 5.92 Å². The van der Waals surface area contributed by atoms with Crippen molar-refractivity contribution in [2.24, 2.45) is 17.6 Å². The van der Waals surface area contributed by atoms with Crippen molar-refractivity contribution in [3.8, 4) is 0 Å². The molecule has 6 heteroatoms. The van der Waals surface area contributed by atoms with Gasteiger partial charge < -0.3 is 15.5 Å². The van der Waals surface area contributed by atoms with Crippen molar-refractivity contribution >= 4 is 29.1 Å². The van der Waals surface area contributed by atoms with Crippen molar-refractivity contribution in [1.29, 1.82) is 0 Å². The predicted octanol–water partition coefficient (Wildman–Crippen LogP) is 1.89. The van der Waals surface area contributed by atoms with Crippen LogP contribution >= 0.6 is 11.6 Å². The van der Waals surface area contributed by atoms with Crippen LogP contribution in [0.2, 0.25) is 5.02 Å². The van der Waals surface area contributed by atoms with Gasteiger partial charge in [0.2, 0.25) is 11.8 Å². The second-order valence-electron chi connectivity index (χ2n) is 6.49. The molecule has 0 aliphatic carbocycles. The lowest BCUT2D eigenvalue weighted by Crippen LogP contribution is -2.42. The quantitative estimate of drug-likeness (QED) is 0.858. The van der Waals surface area contributed by atoms with Crippen molar-refractivity contribution in [2.75, 3.05) is 24.5 Å². The summed E-state index contributed by atoms with van der Waals surface area (Å²) < 4.78 is 0. The fourth-order valence-corrected chi connectivity index (χ4v) is 3.81. The van der Waals surface area contributed by atoms with Gasteiger partial charge in [-0.1, -0.05) is 17.7 Å². The van der Waals surface area contributed by atoms with Gasteiger partial charge in [-0.15, -0.1) is 0 Å². The largest absolute Gasteiger partial charge is 0.339 e. The first kappa shape index (κ1) is 16.3. The van der Waals surface area contributed by atoms with Crippen LogP contribution in [0, 0.1) is 11.8 Å². The first-order valence-corrected chi connectivity index (χ1v) is 8.46. The molecule has 5 nitrogen and oxygen atoms in total. The molecule has 23 heavy (non-hydrogen) atoms. The Morgan fingerprint density at radius 1 is 1.43 bits per heavy atom. The molecular formula is C17H22ClN3O2. The highest BCUT2D eigenvalue weighted by atomic mass is 35.5. The smallest absolute Gasteiger partial charge is 0.239 e. The van der Waals surface area contributed by atoms with E-state index in [1.165, 1.54) is 0 Å². The number of rotatable bonds is 3. The van der Waals surface area contributed by atoms with Gasteiger partial charge in [0.25, 0.3) is 0 Å². The molecular weight excluding hydrogens is 314 g/mol. The van der Waals surface area contributed by atoms with E-state index in [1.54, 1.807) is 17.0 Å². The van der Waals surface area contributed by atoms with Crippen LogP contribution in [-0.4, -0.2) is 42.4 Å². The number of anilines is 1. The Morgan fingerprint density at radius 2 is 2.22 bits per heavy atom. The molecule has 0 aromatic heterocycles. The molecule has 2 aliphatic rings. The lowest BCUT2D eigenvalue weighted by Gasteiger charge is -2.24. The number of benzene rings is 1. The number of amides is 2. The summed E-state index contributed by atoms with van der Waals surface area (Å²) in [6.45, 7) is 3.83. The standard InChI is InChI=1S/C17H22ClN3O2/c1-11-7-12(9-19)10-21(11)17(23)15-5-6-20(16(15)22)14-4-2-3-13(18)8-14/h2-4,8,11-12,15H,5-7,9-10,19H2,1H3. The first-order valence-electron chi connectivity index (χ1n) is 8.08. The minimum absolute atomic E-state index is 0.0528. The maximum Gasteiger partial charge on any atom is 0.239 e. The molecule has 3 rings (SSSR count). The summed E-state index contributed by atoms with van der Waals surface area (Å²) in [5.74, 6) is -0.411. The number of halogens is 1. The third-order valence-corrected chi connectivity index (χ3v) is 5.14. The summed E-state index contributed by atoms with van der Waals surface area (Å²) in [4.78, 5) is 29.0. The fraction of sp³-hybridized carbons (Fsp3) is 0.529. The predicted molar refractivity (Wildman–Crippen MR) is 90.2 cm³/mol. The molecule has 2 fully saturated rings. The summed E-state index contributed by atoms with van der Waals surface area (Å²) in [5.41, 5.74) is 6.48. The van der Waals surface area contributed by atoms with E-state index in [0.29, 0.717) is 37.0 Å². The van der Waals surface area contributed by atoms with Gasteiger partial charge in [0, 0.05) is 29.8 Å². The normalized spacial score (nSPS) is 27.8. The maximum atomic E-state index is 12.8. The molecule has 2 N–H and O–H groups in total. The number of carbonyl (C=O) groups is 2. The summed E-state index contributed by atoms with van der Waals surface area (Å²) in [7, 11) is 0. The minimum Gasteiger partial charge on any atom is -0.339 e. The van der Waals surface area contributed by atoms with Crippen molar-refractivity contribution in [3.05, 3.63) is 29.3 Å². The Labute approximate surface area is 141 Å². The summed E-state index contributed by atoms with van der Waals surface area (Å²) in [6.07, 6.45) is 1.47. The maximum absolute atomic E-state index is 12.8. The molecule has 0 radical (unpaired) electrons. The summed E-state index contributed by atoms with van der Waals surface area (Å²) in [6, 6.07) is 7.35. The highest BCUT2D eigenvalue weighted by molar-refractivity contribution is 6.31. The van der Waals surface area contributed by atoms with Gasteiger partial charge in [0.05, 0.1) is 0 Å². The van der Waals surface area contributed by atoms with E-state index in [4.69, 9.17) is 17.3 Å². The topological polar surface area (TPSA) is 66.6 Å². The molecule has 1 aromatic rings. The molecule has 0 spiro atoms. The van der Waals surface area contributed by atoms with Crippen LogP contribution in [0.1, 0.15) is 19.8 Å². The van der Waals surface area contributed by atoms with Crippen LogP contribution in [0.25, 0.3) is 0 Å². The van der Waals surface area contributed by atoms with Crippen molar-refractivity contribution in [1.82, 2.24) is 4.90 Å². The Balaban J connectivity index is 1.73. The Kier molecular flexibility index (Phi) is 4.60. The lowest BCUT2D eigenvalue weighted by atomic mass is 10.1. The van der Waals surface area contributed by atoms with Gasteiger partial charge in [-0.25, -0.2) is 0 Å². The first-order chi connectivity index (χ1) is 11.0. The van der Waals surface area contributed by atoms with Crippen LogP contribution < -0.4 is 10.6 Å². The third kappa shape index (κ3) is 3.08. The monoisotopic (exact) mass is 335 g/mol. The van der Waals surface area contributed by atoms with E-state index in [0.717, 1.165) is 12.1 Å². The van der Waals surface area contributed by atoms with Gasteiger partial charge >= 0.3 is 0 Å². The minimum atomic E-state index is -0.576. The molecule has 3 atom stereocenters. The number of hydrogen-bond donors (Lipinski definition) is 1. The summed E-state index contributed by atoms with van der Waals surface area (Å²) in [5, 5.41) is 0.587. The van der Waals surface area contributed by atoms with Gasteiger partial charge in [0.15, 0.2) is 0 Å². The fourth-order valence-electron chi connectivity index (χ4n) is 3.63. The highest BCUT2D eigenvalue weighted by Crippen LogP contribution is 2.31. The molecule has 2 heterocycles. The number of carbonyl (C=O) groups excluding carboxylic acids is 2. The Morgan fingerprint density at radius 3 is 2.87 bits per heavy atom. The summed E-state index contributed by atoms with van der Waals surface area (Å²) >= 11 is 6.00. The van der Waals surface area contributed by atoms with Gasteiger partial charge in [-0.2, -0.15) is 0 Å². The molecule has 2 amide bonds. The SMILES string of the molecule is CC1CC(CN)CN1C(=O)C1CCN(c2cccc(Cl)c2)C1=O. The molecule has 3 unspecified atom stereocenters. The van der Waals surface area contributed by atoms with E-state index >= 15 is 0 Å². The van der Waals surface area contributed by atoms with Crippen LogP contribution in [0.3, 0.4) is 0 Å². The Bertz CT molecular complexity index is 622. The van der Waals surface area contributed by atoms with E-state index in [9.17, 15) is 9.59 Å². The van der Waals surface area contributed by atoms with Crippen molar-refractivity contribution in [3.63, 3.8) is 0 Å². The average molecular weight is 336 g/mol. The number of hydrogen-bond acceptors (Lipinski definition) is 3. The van der Waals surface area contributed by atoms with Crippen LogP contribution in [0.15, 0.2) is 24.3 Å². The molecule has 1 aromatic carbocycles. The second-order valence-corrected chi connectivity index (χ2v) is 6.92. The van der Waals surface area contributed by atoms with E-state index in [2.05, 4.69) is 0 Å². The van der Waals surface area contributed by atoms with Gasteiger partial charge in [-0.3, -0.25) is 9.59 Å². The average Bonchev–Trinajstić information content (AvgIpc) is 3.09. The number of likely N-dealkylation sites (tertiary alicyclic amines) is 1. The highest BCUT2D eigenvalue weighted by Gasteiger charge is 2.43. The van der Waals surface area contributed by atoms with Crippen LogP contribution in [0.4, 0.5) is 5.69 Å². The van der Waals surface area contributed by atoms with Crippen molar-refractivity contribution in [2.45, 2.75) is 25.8 Å². The molecule has 124 valence electrons. The zero-order valence-corrected chi connectivity index (χ0v) is 14.0. The van der Waals surface area contributed by atoms with E-state index in [-0.39, 0.29) is 17.9 Å². The molecule has 0 bridgehead atoms. The number of nitrogens with zero attached hydrogens (tertiary/aromatic N) is 2. The van der Waals surface area contributed by atoms with Crippen LogP contribution in [-0.2, 0) is 9.59 Å². The Hall–Kier alpha value is -1.59. The lowest BCUT2D eigenvalue weighted by molar-refractivity contribution is -0.140. The zero-order valence-electron chi connectivity index (χ0n) is 13.2. The van der Waals surface area contributed by atoms with E-state index < -0.39 is 5.92 Å².